The van der Waals surface area contributed by atoms with Gasteiger partial charge in [0, 0.05) is 10.9 Å². The highest BCUT2D eigenvalue weighted by Crippen LogP contribution is 2.24. The van der Waals surface area contributed by atoms with Crippen LogP contribution in [0, 0.1) is 0 Å². The van der Waals surface area contributed by atoms with E-state index in [0.29, 0.717) is 13.0 Å². The molecule has 0 saturated carbocycles. The zero-order chi connectivity index (χ0) is 13.4. The fraction of sp³-hybridized carbons (Fsp3) is 0.500. The second-order valence-electron chi connectivity index (χ2n) is 4.20. The number of rotatable bonds is 8. The molecule has 0 aliphatic heterocycles. The van der Waals surface area contributed by atoms with Crippen molar-refractivity contribution in [3.8, 4) is 5.75 Å². The number of hydrogen-bond donors (Lipinski definition) is 1. The van der Waals surface area contributed by atoms with Gasteiger partial charge in [-0.25, -0.2) is 0 Å². The van der Waals surface area contributed by atoms with Crippen molar-refractivity contribution in [2.45, 2.75) is 39.0 Å². The van der Waals surface area contributed by atoms with Crippen molar-refractivity contribution >= 4 is 21.9 Å². The largest absolute Gasteiger partial charge is 0.493 e. The van der Waals surface area contributed by atoms with Crippen LogP contribution >= 0.6 is 15.9 Å². The average Bonchev–Trinajstić information content (AvgIpc) is 2.34. The molecular weight excluding hydrogens is 296 g/mol. The fourth-order valence-electron chi connectivity index (χ4n) is 1.66. The average molecular weight is 315 g/mol. The van der Waals surface area contributed by atoms with Gasteiger partial charge in [0.1, 0.15) is 5.75 Å². The SMILES string of the molecule is CCCCCOc1ccc(Br)cc1CCC(=O)O. The summed E-state index contributed by atoms with van der Waals surface area (Å²) in [6, 6.07) is 5.74. The van der Waals surface area contributed by atoms with Gasteiger partial charge in [0.2, 0.25) is 0 Å². The molecule has 3 nitrogen and oxygen atoms in total. The van der Waals surface area contributed by atoms with Crippen molar-refractivity contribution in [2.75, 3.05) is 6.61 Å². The normalized spacial score (nSPS) is 10.3. The van der Waals surface area contributed by atoms with Crippen LogP contribution in [0.5, 0.6) is 5.75 Å². The molecule has 0 aliphatic rings. The Morgan fingerprint density at radius 2 is 2.17 bits per heavy atom. The van der Waals surface area contributed by atoms with Crippen molar-refractivity contribution in [3.63, 3.8) is 0 Å². The Labute approximate surface area is 116 Å². The minimum absolute atomic E-state index is 0.127. The molecule has 0 fully saturated rings. The number of aliphatic carboxylic acids is 1. The lowest BCUT2D eigenvalue weighted by molar-refractivity contribution is -0.136. The third-order valence-corrected chi connectivity index (χ3v) is 3.13. The Morgan fingerprint density at radius 3 is 2.83 bits per heavy atom. The summed E-state index contributed by atoms with van der Waals surface area (Å²) in [7, 11) is 0. The van der Waals surface area contributed by atoms with E-state index in [1.165, 1.54) is 0 Å². The zero-order valence-electron chi connectivity index (χ0n) is 10.6. The Hall–Kier alpha value is -1.03. The predicted octanol–water partition coefficient (Wildman–Crippen LogP) is 4.04. The highest BCUT2D eigenvalue weighted by molar-refractivity contribution is 9.10. The number of aryl methyl sites for hydroxylation is 1. The van der Waals surface area contributed by atoms with E-state index in [9.17, 15) is 4.79 Å². The van der Waals surface area contributed by atoms with Gasteiger partial charge in [-0.1, -0.05) is 35.7 Å². The molecular formula is C14H19BrO3. The second-order valence-corrected chi connectivity index (χ2v) is 5.12. The van der Waals surface area contributed by atoms with Crippen molar-refractivity contribution in [1.82, 2.24) is 0 Å². The summed E-state index contributed by atoms with van der Waals surface area (Å²) in [5.41, 5.74) is 0.947. The molecule has 0 spiro atoms. The van der Waals surface area contributed by atoms with Crippen LogP contribution in [0.1, 0.15) is 38.2 Å². The standard InChI is InChI=1S/C14H19BrO3/c1-2-3-4-9-18-13-7-6-12(15)10-11(13)5-8-14(16)17/h6-7,10H,2-5,8-9H2,1H3,(H,16,17). The van der Waals surface area contributed by atoms with E-state index in [1.807, 2.05) is 18.2 Å². The Kier molecular flexibility index (Phi) is 6.80. The molecule has 1 rings (SSSR count). The molecule has 0 aromatic heterocycles. The summed E-state index contributed by atoms with van der Waals surface area (Å²) < 4.78 is 6.66. The Balaban J connectivity index is 2.61. The van der Waals surface area contributed by atoms with Gasteiger partial charge in [0.05, 0.1) is 6.61 Å². The lowest BCUT2D eigenvalue weighted by Gasteiger charge is -2.11. The molecule has 0 aliphatic carbocycles. The first kappa shape index (κ1) is 15.0. The van der Waals surface area contributed by atoms with Crippen LogP contribution in [0.3, 0.4) is 0 Å². The van der Waals surface area contributed by atoms with E-state index < -0.39 is 5.97 Å². The predicted molar refractivity (Wildman–Crippen MR) is 75.1 cm³/mol. The number of carboxylic acids is 1. The molecule has 0 atom stereocenters. The fourth-order valence-corrected chi connectivity index (χ4v) is 2.07. The van der Waals surface area contributed by atoms with E-state index in [4.69, 9.17) is 9.84 Å². The molecule has 0 bridgehead atoms. The second kappa shape index (κ2) is 8.14. The quantitative estimate of drug-likeness (QED) is 0.737. The van der Waals surface area contributed by atoms with E-state index in [-0.39, 0.29) is 6.42 Å². The summed E-state index contributed by atoms with van der Waals surface area (Å²) in [6.07, 6.45) is 3.97. The molecule has 18 heavy (non-hydrogen) atoms. The van der Waals surface area contributed by atoms with Gasteiger partial charge < -0.3 is 9.84 Å². The molecule has 1 N–H and O–H groups in total. The molecule has 0 amide bonds. The molecule has 100 valence electrons. The van der Waals surface area contributed by atoms with Gasteiger partial charge in [0.15, 0.2) is 0 Å². The number of ether oxygens (including phenoxy) is 1. The zero-order valence-corrected chi connectivity index (χ0v) is 12.2. The number of halogens is 1. The Bertz CT molecular complexity index is 391. The van der Waals surface area contributed by atoms with Gasteiger partial charge in [-0.2, -0.15) is 0 Å². The number of unbranched alkanes of at least 4 members (excludes halogenated alkanes) is 2. The van der Waals surface area contributed by atoms with Gasteiger partial charge in [0.25, 0.3) is 0 Å². The maximum atomic E-state index is 10.6. The van der Waals surface area contributed by atoms with Crippen LogP contribution in [0.15, 0.2) is 22.7 Å². The van der Waals surface area contributed by atoms with Crippen LogP contribution in [0.4, 0.5) is 0 Å². The van der Waals surface area contributed by atoms with Crippen molar-refractivity contribution in [2.24, 2.45) is 0 Å². The first-order valence-corrected chi connectivity index (χ1v) is 7.05. The van der Waals surface area contributed by atoms with Crippen molar-refractivity contribution in [1.29, 1.82) is 0 Å². The van der Waals surface area contributed by atoms with Crippen molar-refractivity contribution in [3.05, 3.63) is 28.2 Å². The monoisotopic (exact) mass is 314 g/mol. The summed E-state index contributed by atoms with van der Waals surface area (Å²) in [5.74, 6) is 0.0162. The number of carbonyl (C=O) groups is 1. The number of hydrogen-bond acceptors (Lipinski definition) is 2. The minimum Gasteiger partial charge on any atom is -0.493 e. The minimum atomic E-state index is -0.785. The highest BCUT2D eigenvalue weighted by Gasteiger charge is 2.07. The third kappa shape index (κ3) is 5.54. The smallest absolute Gasteiger partial charge is 0.303 e. The van der Waals surface area contributed by atoms with Gasteiger partial charge in [-0.3, -0.25) is 4.79 Å². The number of benzene rings is 1. The summed E-state index contributed by atoms with van der Waals surface area (Å²) in [4.78, 5) is 10.6. The highest BCUT2D eigenvalue weighted by atomic mass is 79.9. The van der Waals surface area contributed by atoms with Crippen LogP contribution in [-0.4, -0.2) is 17.7 Å². The summed E-state index contributed by atoms with van der Waals surface area (Å²) in [6.45, 7) is 2.84. The summed E-state index contributed by atoms with van der Waals surface area (Å²) >= 11 is 3.39. The third-order valence-electron chi connectivity index (χ3n) is 2.64. The van der Waals surface area contributed by atoms with Crippen LogP contribution in [-0.2, 0) is 11.2 Å². The maximum absolute atomic E-state index is 10.6. The lowest BCUT2D eigenvalue weighted by Crippen LogP contribution is -2.03. The molecule has 1 aromatic carbocycles. The van der Waals surface area contributed by atoms with Crippen LogP contribution < -0.4 is 4.74 Å². The first-order valence-electron chi connectivity index (χ1n) is 6.26. The van der Waals surface area contributed by atoms with E-state index >= 15 is 0 Å². The topological polar surface area (TPSA) is 46.5 Å². The molecule has 4 heteroatoms. The van der Waals surface area contributed by atoms with E-state index in [0.717, 1.165) is 35.0 Å². The van der Waals surface area contributed by atoms with E-state index in [1.54, 1.807) is 0 Å². The van der Waals surface area contributed by atoms with Crippen LogP contribution in [0.25, 0.3) is 0 Å². The maximum Gasteiger partial charge on any atom is 0.303 e. The van der Waals surface area contributed by atoms with E-state index in [2.05, 4.69) is 22.9 Å². The molecule has 1 aromatic rings. The van der Waals surface area contributed by atoms with Crippen LogP contribution in [0.2, 0.25) is 0 Å². The Morgan fingerprint density at radius 1 is 1.39 bits per heavy atom. The van der Waals surface area contributed by atoms with Gasteiger partial charge in [-0.05, 0) is 36.6 Å². The summed E-state index contributed by atoms with van der Waals surface area (Å²) in [5, 5.41) is 8.73. The lowest BCUT2D eigenvalue weighted by atomic mass is 10.1. The van der Waals surface area contributed by atoms with Gasteiger partial charge in [-0.15, -0.1) is 0 Å². The van der Waals surface area contributed by atoms with Crippen molar-refractivity contribution < 1.29 is 14.6 Å². The first-order chi connectivity index (χ1) is 8.63. The molecule has 0 heterocycles. The van der Waals surface area contributed by atoms with Gasteiger partial charge >= 0.3 is 5.97 Å². The molecule has 0 radical (unpaired) electrons. The molecule has 0 unspecified atom stereocenters. The molecule has 0 saturated heterocycles. The number of carboxylic acid groups (broad SMARTS) is 1.